The van der Waals surface area contributed by atoms with Crippen molar-refractivity contribution in [2.24, 2.45) is 0 Å². The molecular formula is C22H15N3O8. The first-order chi connectivity index (χ1) is 15.8. The van der Waals surface area contributed by atoms with Gasteiger partial charge in [-0.3, -0.25) is 29.8 Å². The minimum atomic E-state index is -1.10. The lowest BCUT2D eigenvalue weighted by Crippen LogP contribution is -2.29. The van der Waals surface area contributed by atoms with Gasteiger partial charge < -0.3 is 14.4 Å². The van der Waals surface area contributed by atoms with Crippen molar-refractivity contribution in [2.45, 2.75) is 12.6 Å². The van der Waals surface area contributed by atoms with Gasteiger partial charge in [-0.1, -0.05) is 12.1 Å². The zero-order valence-corrected chi connectivity index (χ0v) is 16.8. The molecule has 1 aliphatic heterocycles. The average molecular weight is 449 g/mol. The summed E-state index contributed by atoms with van der Waals surface area (Å²) in [6.07, 6.45) is 1.40. The second-order valence-corrected chi connectivity index (χ2v) is 7.16. The van der Waals surface area contributed by atoms with Crippen molar-refractivity contribution in [1.82, 2.24) is 4.90 Å². The highest BCUT2D eigenvalue weighted by Gasteiger charge is 2.46. The first-order valence-corrected chi connectivity index (χ1v) is 9.58. The lowest BCUT2D eigenvalue weighted by atomic mass is 9.95. The highest BCUT2D eigenvalue weighted by molar-refractivity contribution is 6.46. The van der Waals surface area contributed by atoms with Gasteiger partial charge in [0.2, 0.25) is 0 Å². The molecule has 1 aliphatic rings. The van der Waals surface area contributed by atoms with Crippen LogP contribution >= 0.6 is 0 Å². The number of aliphatic hydroxyl groups is 1. The number of rotatable bonds is 6. The van der Waals surface area contributed by atoms with Crippen LogP contribution in [-0.4, -0.2) is 31.5 Å². The molecule has 0 spiro atoms. The van der Waals surface area contributed by atoms with Gasteiger partial charge in [0.25, 0.3) is 23.1 Å². The van der Waals surface area contributed by atoms with E-state index in [0.717, 1.165) is 6.07 Å². The maximum absolute atomic E-state index is 13.0. The molecule has 1 N–H and O–H groups in total. The summed E-state index contributed by atoms with van der Waals surface area (Å²) >= 11 is 0. The number of nitro groups is 2. The van der Waals surface area contributed by atoms with Gasteiger partial charge in [0.1, 0.15) is 11.5 Å². The standard InChI is InChI=1S/C22H15N3O8/c26-20(14-3-1-4-16(11-14)25(31)32)18-19(13-6-8-15(9-7-13)24(29)30)23(22(28)21(18)27)12-17-5-2-10-33-17/h1-11,19,26H,12H2/t19-/m1/s1. The molecule has 2 heterocycles. The third-order valence-electron chi connectivity index (χ3n) is 5.20. The van der Waals surface area contributed by atoms with Crippen molar-refractivity contribution in [3.63, 3.8) is 0 Å². The Morgan fingerprint density at radius 3 is 2.27 bits per heavy atom. The third-order valence-corrected chi connectivity index (χ3v) is 5.20. The molecule has 0 unspecified atom stereocenters. The summed E-state index contributed by atoms with van der Waals surface area (Å²) in [6, 6.07) is 12.3. The molecule has 33 heavy (non-hydrogen) atoms. The zero-order chi connectivity index (χ0) is 23.7. The molecule has 0 aliphatic carbocycles. The van der Waals surface area contributed by atoms with Gasteiger partial charge in [-0.25, -0.2) is 0 Å². The Kier molecular flexibility index (Phi) is 5.44. The maximum atomic E-state index is 13.0. The number of benzene rings is 2. The molecule has 1 saturated heterocycles. The van der Waals surface area contributed by atoms with Crippen molar-refractivity contribution in [3.8, 4) is 0 Å². The van der Waals surface area contributed by atoms with Gasteiger partial charge in [0, 0.05) is 29.8 Å². The van der Waals surface area contributed by atoms with Crippen molar-refractivity contribution in [1.29, 1.82) is 0 Å². The molecule has 1 fully saturated rings. The minimum Gasteiger partial charge on any atom is -0.507 e. The topological polar surface area (TPSA) is 157 Å². The lowest BCUT2D eigenvalue weighted by Gasteiger charge is -2.24. The van der Waals surface area contributed by atoms with Crippen LogP contribution in [0.3, 0.4) is 0 Å². The van der Waals surface area contributed by atoms with Crippen LogP contribution in [-0.2, 0) is 16.1 Å². The van der Waals surface area contributed by atoms with Crippen LogP contribution in [0.15, 0.2) is 76.9 Å². The number of hydrogen-bond acceptors (Lipinski definition) is 8. The number of furan rings is 1. The van der Waals surface area contributed by atoms with E-state index in [2.05, 4.69) is 0 Å². The Morgan fingerprint density at radius 1 is 0.970 bits per heavy atom. The Hall–Kier alpha value is -4.80. The first-order valence-electron chi connectivity index (χ1n) is 9.58. The van der Waals surface area contributed by atoms with E-state index in [-0.39, 0.29) is 29.1 Å². The molecular weight excluding hydrogens is 434 g/mol. The van der Waals surface area contributed by atoms with Crippen molar-refractivity contribution in [2.75, 3.05) is 0 Å². The summed E-state index contributed by atoms with van der Waals surface area (Å²) in [4.78, 5) is 47.9. The summed E-state index contributed by atoms with van der Waals surface area (Å²) in [7, 11) is 0. The quantitative estimate of drug-likeness (QED) is 0.196. The number of amides is 1. The second-order valence-electron chi connectivity index (χ2n) is 7.16. The van der Waals surface area contributed by atoms with Gasteiger partial charge in [-0.15, -0.1) is 0 Å². The second kappa shape index (κ2) is 8.38. The Labute approximate surface area is 185 Å². The van der Waals surface area contributed by atoms with E-state index >= 15 is 0 Å². The van der Waals surface area contributed by atoms with Gasteiger partial charge >= 0.3 is 0 Å². The monoisotopic (exact) mass is 449 g/mol. The van der Waals surface area contributed by atoms with E-state index in [4.69, 9.17) is 4.42 Å². The van der Waals surface area contributed by atoms with Crippen LogP contribution < -0.4 is 0 Å². The summed E-state index contributed by atoms with van der Waals surface area (Å²) in [5.74, 6) is -2.13. The third kappa shape index (κ3) is 3.94. The number of nitro benzene ring substituents is 2. The molecule has 0 radical (unpaired) electrons. The number of Topliss-reactive ketones (excluding diaryl/α,β-unsaturated/α-hetero) is 1. The molecule has 1 amide bonds. The first kappa shape index (κ1) is 21.4. The normalized spacial score (nSPS) is 17.3. The van der Waals surface area contributed by atoms with E-state index in [1.165, 1.54) is 53.6 Å². The van der Waals surface area contributed by atoms with Crippen LogP contribution in [0.25, 0.3) is 5.76 Å². The van der Waals surface area contributed by atoms with Crippen molar-refractivity contribution in [3.05, 3.63) is 110 Å². The fourth-order valence-corrected chi connectivity index (χ4v) is 3.66. The summed E-state index contributed by atoms with van der Waals surface area (Å²) in [5.41, 5.74) is -0.484. The van der Waals surface area contributed by atoms with Gasteiger partial charge in [0.05, 0.1) is 34.3 Å². The van der Waals surface area contributed by atoms with Gasteiger partial charge in [-0.2, -0.15) is 0 Å². The molecule has 166 valence electrons. The molecule has 0 bridgehead atoms. The van der Waals surface area contributed by atoms with E-state index in [9.17, 15) is 34.9 Å². The largest absolute Gasteiger partial charge is 0.507 e. The van der Waals surface area contributed by atoms with Gasteiger partial charge in [-0.05, 0) is 29.8 Å². The number of carbonyl (C=O) groups is 2. The van der Waals surface area contributed by atoms with E-state index in [1.54, 1.807) is 12.1 Å². The molecule has 1 atom stereocenters. The summed E-state index contributed by atoms with van der Waals surface area (Å²) in [5, 5.41) is 33.1. The predicted octanol–water partition coefficient (Wildman–Crippen LogP) is 3.72. The molecule has 0 saturated carbocycles. The zero-order valence-electron chi connectivity index (χ0n) is 16.8. The van der Waals surface area contributed by atoms with Crippen LogP contribution in [0.4, 0.5) is 11.4 Å². The number of carbonyl (C=O) groups excluding carboxylic acids is 2. The summed E-state index contributed by atoms with van der Waals surface area (Å²) < 4.78 is 5.29. The fraction of sp³-hybridized carbons (Fsp3) is 0.0909. The smallest absolute Gasteiger partial charge is 0.296 e. The average Bonchev–Trinajstić information content (AvgIpc) is 3.41. The van der Waals surface area contributed by atoms with Crippen molar-refractivity contribution >= 4 is 28.8 Å². The number of aliphatic hydroxyl groups excluding tert-OH is 1. The van der Waals surface area contributed by atoms with Crippen LogP contribution in [0.1, 0.15) is 22.9 Å². The predicted molar refractivity (Wildman–Crippen MR) is 113 cm³/mol. The lowest BCUT2D eigenvalue weighted by molar-refractivity contribution is -0.385. The number of likely N-dealkylation sites (tertiary alicyclic amines) is 1. The highest BCUT2D eigenvalue weighted by atomic mass is 16.6. The molecule has 11 heteroatoms. The van der Waals surface area contributed by atoms with Crippen molar-refractivity contribution < 1.29 is 29.0 Å². The highest BCUT2D eigenvalue weighted by Crippen LogP contribution is 2.41. The molecule has 11 nitrogen and oxygen atoms in total. The summed E-state index contributed by atoms with van der Waals surface area (Å²) in [6.45, 7) is -0.106. The Morgan fingerprint density at radius 2 is 1.67 bits per heavy atom. The van der Waals surface area contributed by atoms with Crippen LogP contribution in [0.5, 0.6) is 0 Å². The molecule has 3 aromatic rings. The number of nitrogens with zero attached hydrogens (tertiary/aromatic N) is 3. The number of ketones is 1. The van der Waals surface area contributed by atoms with E-state index < -0.39 is 33.3 Å². The number of non-ortho nitro benzene ring substituents is 2. The Bertz CT molecular complexity index is 1300. The van der Waals surface area contributed by atoms with Crippen LogP contribution in [0, 0.1) is 20.2 Å². The van der Waals surface area contributed by atoms with E-state index in [0.29, 0.717) is 11.3 Å². The minimum absolute atomic E-state index is 0.0212. The maximum Gasteiger partial charge on any atom is 0.296 e. The van der Waals surface area contributed by atoms with E-state index in [1.807, 2.05) is 0 Å². The molecule has 2 aromatic carbocycles. The number of hydrogen-bond donors (Lipinski definition) is 1. The molecule has 1 aromatic heterocycles. The Balaban J connectivity index is 1.87. The SMILES string of the molecule is O=C1C(=O)N(Cc2ccco2)[C@H](c2ccc([N+](=O)[O-])cc2)C1=C(O)c1cccc([N+](=O)[O-])c1. The van der Waals surface area contributed by atoms with Crippen LogP contribution in [0.2, 0.25) is 0 Å². The fourth-order valence-electron chi connectivity index (χ4n) is 3.66. The molecule has 4 rings (SSSR count). The van der Waals surface area contributed by atoms with Gasteiger partial charge in [0.15, 0.2) is 0 Å².